The molecule has 0 spiro atoms. The van der Waals surface area contributed by atoms with E-state index >= 15 is 0 Å². The Morgan fingerprint density at radius 2 is 2.10 bits per heavy atom. The van der Waals surface area contributed by atoms with Crippen LogP contribution in [0.2, 0.25) is 10.0 Å². The van der Waals surface area contributed by atoms with Crippen LogP contribution >= 0.6 is 23.2 Å². The summed E-state index contributed by atoms with van der Waals surface area (Å²) >= 11 is 12.1. The van der Waals surface area contributed by atoms with E-state index in [1.165, 1.54) is 12.1 Å². The van der Waals surface area contributed by atoms with Crippen molar-refractivity contribution >= 4 is 33.2 Å². The van der Waals surface area contributed by atoms with Gasteiger partial charge in [-0.1, -0.05) is 30.1 Å². The molecule has 8 heteroatoms. The molecule has 1 fully saturated rings. The van der Waals surface area contributed by atoms with Crippen molar-refractivity contribution < 1.29 is 13.2 Å². The van der Waals surface area contributed by atoms with Crippen molar-refractivity contribution in [1.82, 2.24) is 10.0 Å². The van der Waals surface area contributed by atoms with Gasteiger partial charge >= 0.3 is 0 Å². The van der Waals surface area contributed by atoms with E-state index in [0.717, 1.165) is 6.54 Å². The zero-order chi connectivity index (χ0) is 15.5. The maximum absolute atomic E-state index is 12.4. The molecule has 0 aliphatic carbocycles. The highest BCUT2D eigenvalue weighted by Crippen LogP contribution is 2.29. The van der Waals surface area contributed by atoms with E-state index in [1.807, 2.05) is 6.92 Å². The van der Waals surface area contributed by atoms with Gasteiger partial charge in [0.25, 0.3) is 0 Å². The van der Waals surface area contributed by atoms with Crippen LogP contribution in [0.15, 0.2) is 17.0 Å². The fourth-order valence-electron chi connectivity index (χ4n) is 2.08. The molecule has 1 atom stereocenters. The molecule has 5 nitrogen and oxygen atoms in total. The van der Waals surface area contributed by atoms with Gasteiger partial charge in [-0.05, 0) is 30.7 Å². The summed E-state index contributed by atoms with van der Waals surface area (Å²) in [5, 5.41) is 3.68. The predicted octanol–water partition coefficient (Wildman–Crippen LogP) is 2.17. The molecule has 0 bridgehead atoms. The number of halogens is 2. The Balaban J connectivity index is 2.28. The van der Waals surface area contributed by atoms with Gasteiger partial charge in [-0.15, -0.1) is 0 Å². The number of rotatable bonds is 6. The van der Waals surface area contributed by atoms with Gasteiger partial charge in [0.1, 0.15) is 4.90 Å². The van der Waals surface area contributed by atoms with Crippen LogP contribution in [0.1, 0.15) is 18.9 Å². The number of hydrogen-bond acceptors (Lipinski definition) is 4. The topological polar surface area (TPSA) is 67.4 Å². The summed E-state index contributed by atoms with van der Waals surface area (Å²) in [6, 6.07) is 2.78. The molecule has 0 radical (unpaired) electrons. The van der Waals surface area contributed by atoms with Gasteiger partial charge < -0.3 is 10.1 Å². The van der Waals surface area contributed by atoms with Crippen LogP contribution in [-0.2, 0) is 21.3 Å². The molecule has 0 amide bonds. The van der Waals surface area contributed by atoms with Gasteiger partial charge in [-0.3, -0.25) is 0 Å². The molecular weight excluding hydrogens is 335 g/mol. The van der Waals surface area contributed by atoms with Crippen LogP contribution in [0, 0.1) is 0 Å². The smallest absolute Gasteiger partial charge is 0.242 e. The summed E-state index contributed by atoms with van der Waals surface area (Å²) in [7, 11) is -3.69. The summed E-state index contributed by atoms with van der Waals surface area (Å²) in [6.45, 7) is 4.16. The minimum Gasteiger partial charge on any atom is -0.380 e. The normalized spacial score (nSPS) is 19.1. The molecule has 1 aliphatic heterocycles. The van der Waals surface area contributed by atoms with Crippen molar-refractivity contribution in [2.24, 2.45) is 0 Å². The van der Waals surface area contributed by atoms with Gasteiger partial charge in [0, 0.05) is 24.2 Å². The maximum Gasteiger partial charge on any atom is 0.242 e. The van der Waals surface area contributed by atoms with Gasteiger partial charge in [-0.2, -0.15) is 0 Å². The Morgan fingerprint density at radius 1 is 1.33 bits per heavy atom. The van der Waals surface area contributed by atoms with Crippen molar-refractivity contribution in [1.29, 1.82) is 0 Å². The quantitative estimate of drug-likeness (QED) is 0.823. The molecule has 118 valence electrons. The first-order chi connectivity index (χ1) is 9.94. The molecule has 2 N–H and O–H groups in total. The first-order valence-electron chi connectivity index (χ1n) is 6.72. The van der Waals surface area contributed by atoms with E-state index in [9.17, 15) is 8.42 Å². The van der Waals surface area contributed by atoms with Crippen LogP contribution in [0.5, 0.6) is 0 Å². The lowest BCUT2D eigenvalue weighted by atomic mass is 10.2. The second-order valence-corrected chi connectivity index (χ2v) is 7.33. The van der Waals surface area contributed by atoms with E-state index in [-0.39, 0.29) is 16.0 Å². The van der Waals surface area contributed by atoms with E-state index in [1.54, 1.807) is 0 Å². The summed E-state index contributed by atoms with van der Waals surface area (Å²) < 4.78 is 32.7. The molecule has 1 aromatic carbocycles. The van der Waals surface area contributed by atoms with Crippen molar-refractivity contribution in [2.45, 2.75) is 30.8 Å². The Labute approximate surface area is 135 Å². The monoisotopic (exact) mass is 352 g/mol. The van der Waals surface area contributed by atoms with Crippen LogP contribution < -0.4 is 10.0 Å². The molecule has 0 aromatic heterocycles. The third-order valence-electron chi connectivity index (χ3n) is 3.21. The van der Waals surface area contributed by atoms with Crippen LogP contribution in [0.3, 0.4) is 0 Å². The summed E-state index contributed by atoms with van der Waals surface area (Å²) in [5.41, 5.74) is 0.700. The standard InChI is InChI=1S/C13H18Cl2N2O3S/c1-2-16-7-9-5-13(12(15)6-11(9)14)21(18,19)17-10-3-4-20-8-10/h5-6,10,16-17H,2-4,7-8H2,1H3. The number of sulfonamides is 1. The van der Waals surface area contributed by atoms with Crippen LogP contribution in [-0.4, -0.2) is 34.2 Å². The van der Waals surface area contributed by atoms with Crippen molar-refractivity contribution in [2.75, 3.05) is 19.8 Å². The maximum atomic E-state index is 12.4. The van der Waals surface area contributed by atoms with E-state index < -0.39 is 10.0 Å². The predicted molar refractivity (Wildman–Crippen MR) is 83.4 cm³/mol. The van der Waals surface area contributed by atoms with Gasteiger partial charge in [0.2, 0.25) is 10.0 Å². The SMILES string of the molecule is CCNCc1cc(S(=O)(=O)NC2CCOC2)c(Cl)cc1Cl. The van der Waals surface area contributed by atoms with Gasteiger partial charge in [0.15, 0.2) is 0 Å². The lowest BCUT2D eigenvalue weighted by molar-refractivity contribution is 0.192. The Kier molecular flexibility index (Phi) is 5.88. The molecule has 1 aromatic rings. The first-order valence-corrected chi connectivity index (χ1v) is 8.96. The van der Waals surface area contributed by atoms with Gasteiger partial charge in [0.05, 0.1) is 11.6 Å². The largest absolute Gasteiger partial charge is 0.380 e. The molecule has 1 saturated heterocycles. The molecule has 21 heavy (non-hydrogen) atoms. The number of hydrogen-bond donors (Lipinski definition) is 2. The van der Waals surface area contributed by atoms with Gasteiger partial charge in [-0.25, -0.2) is 13.1 Å². The second kappa shape index (κ2) is 7.26. The Morgan fingerprint density at radius 3 is 2.71 bits per heavy atom. The van der Waals surface area contributed by atoms with E-state index in [2.05, 4.69) is 10.0 Å². The highest BCUT2D eigenvalue weighted by molar-refractivity contribution is 7.89. The zero-order valence-corrected chi connectivity index (χ0v) is 14.0. The molecule has 1 heterocycles. The van der Waals surface area contributed by atoms with E-state index in [0.29, 0.717) is 36.8 Å². The third-order valence-corrected chi connectivity index (χ3v) is 5.54. The molecule has 1 unspecified atom stereocenters. The highest BCUT2D eigenvalue weighted by atomic mass is 35.5. The average molecular weight is 353 g/mol. The number of benzene rings is 1. The van der Waals surface area contributed by atoms with E-state index in [4.69, 9.17) is 27.9 Å². The molecule has 0 saturated carbocycles. The fourth-order valence-corrected chi connectivity index (χ4v) is 4.20. The number of ether oxygens (including phenoxy) is 1. The summed E-state index contributed by atoms with van der Waals surface area (Å²) in [5.74, 6) is 0. The lowest BCUT2D eigenvalue weighted by Crippen LogP contribution is -2.35. The minimum absolute atomic E-state index is 0.0494. The van der Waals surface area contributed by atoms with Crippen molar-refractivity contribution in [3.05, 3.63) is 27.7 Å². The average Bonchev–Trinajstić information content (AvgIpc) is 2.89. The fraction of sp³-hybridized carbons (Fsp3) is 0.538. The lowest BCUT2D eigenvalue weighted by Gasteiger charge is -2.14. The van der Waals surface area contributed by atoms with Crippen molar-refractivity contribution in [3.8, 4) is 0 Å². The Hall–Kier alpha value is -0.370. The molecular formula is C13H18Cl2N2O3S. The Bertz CT molecular complexity index is 602. The number of nitrogens with one attached hydrogen (secondary N) is 2. The highest BCUT2D eigenvalue weighted by Gasteiger charge is 2.26. The summed E-state index contributed by atoms with van der Waals surface area (Å²) in [4.78, 5) is 0.0494. The summed E-state index contributed by atoms with van der Waals surface area (Å²) in [6.07, 6.45) is 0.661. The van der Waals surface area contributed by atoms with Crippen LogP contribution in [0.25, 0.3) is 0 Å². The zero-order valence-electron chi connectivity index (χ0n) is 11.7. The molecule has 1 aliphatic rings. The van der Waals surface area contributed by atoms with Crippen molar-refractivity contribution in [3.63, 3.8) is 0 Å². The van der Waals surface area contributed by atoms with Crippen LogP contribution in [0.4, 0.5) is 0 Å². The first kappa shape index (κ1) is 17.0. The third kappa shape index (κ3) is 4.31. The minimum atomic E-state index is -3.69. The second-order valence-electron chi connectivity index (χ2n) is 4.84. The molecule has 2 rings (SSSR count).